The number of nitriles is 1. The van der Waals surface area contributed by atoms with Gasteiger partial charge in [-0.05, 0) is 55.8 Å². The van der Waals surface area contributed by atoms with Crippen molar-refractivity contribution >= 4 is 33.2 Å². The summed E-state index contributed by atoms with van der Waals surface area (Å²) in [5, 5.41) is 14.8. The fourth-order valence-corrected chi connectivity index (χ4v) is 2.21. The third-order valence-electron chi connectivity index (χ3n) is 3.19. The lowest BCUT2D eigenvalue weighted by atomic mass is 10.2. The van der Waals surface area contributed by atoms with Gasteiger partial charge in [0.25, 0.3) is 0 Å². The summed E-state index contributed by atoms with van der Waals surface area (Å²) in [6, 6.07) is 14.3. The van der Waals surface area contributed by atoms with Gasteiger partial charge in [0.05, 0.1) is 11.6 Å². The summed E-state index contributed by atoms with van der Waals surface area (Å²) in [5.74, 6) is -0.157. The van der Waals surface area contributed by atoms with E-state index >= 15 is 0 Å². The molecule has 0 bridgehead atoms. The first-order valence-corrected chi connectivity index (χ1v) is 7.62. The zero-order chi connectivity index (χ0) is 16.1. The molecule has 0 unspecified atom stereocenters. The SMILES string of the molecule is Cc1cc(N[C@@H](C)C(=O)Nc2cccc(C#N)c2)ccc1Br. The maximum Gasteiger partial charge on any atom is 0.246 e. The van der Waals surface area contributed by atoms with Gasteiger partial charge in [-0.2, -0.15) is 5.26 Å². The van der Waals surface area contributed by atoms with Crippen LogP contribution in [0, 0.1) is 18.3 Å². The second kappa shape index (κ2) is 7.10. The van der Waals surface area contributed by atoms with Crippen molar-refractivity contribution in [2.45, 2.75) is 19.9 Å². The van der Waals surface area contributed by atoms with Crippen molar-refractivity contribution in [3.05, 3.63) is 58.1 Å². The van der Waals surface area contributed by atoms with Crippen molar-refractivity contribution in [1.29, 1.82) is 5.26 Å². The van der Waals surface area contributed by atoms with Crippen molar-refractivity contribution in [2.75, 3.05) is 10.6 Å². The molecule has 5 heteroatoms. The molecular formula is C17H16BrN3O. The summed E-state index contributed by atoms with van der Waals surface area (Å²) < 4.78 is 1.03. The van der Waals surface area contributed by atoms with E-state index in [0.29, 0.717) is 11.3 Å². The summed E-state index contributed by atoms with van der Waals surface area (Å²) in [6.07, 6.45) is 0. The van der Waals surface area contributed by atoms with Crippen molar-refractivity contribution in [3.8, 4) is 6.07 Å². The Morgan fingerprint density at radius 2 is 2.00 bits per heavy atom. The van der Waals surface area contributed by atoms with E-state index in [0.717, 1.165) is 15.7 Å². The summed E-state index contributed by atoms with van der Waals surface area (Å²) in [5.41, 5.74) is 3.11. The molecule has 2 aromatic rings. The van der Waals surface area contributed by atoms with Crippen LogP contribution in [0.4, 0.5) is 11.4 Å². The number of carbonyl (C=O) groups is 1. The van der Waals surface area contributed by atoms with Gasteiger partial charge in [-0.15, -0.1) is 0 Å². The quantitative estimate of drug-likeness (QED) is 0.866. The number of anilines is 2. The molecule has 2 N–H and O–H groups in total. The molecule has 0 aliphatic heterocycles. The Labute approximate surface area is 138 Å². The highest BCUT2D eigenvalue weighted by atomic mass is 79.9. The van der Waals surface area contributed by atoms with Crippen LogP contribution in [0.1, 0.15) is 18.1 Å². The van der Waals surface area contributed by atoms with Crippen LogP contribution in [0.5, 0.6) is 0 Å². The van der Waals surface area contributed by atoms with Gasteiger partial charge in [0, 0.05) is 15.8 Å². The zero-order valence-corrected chi connectivity index (χ0v) is 13.9. The molecule has 0 spiro atoms. The molecule has 1 amide bonds. The number of amides is 1. The molecule has 1 atom stereocenters. The fraction of sp³-hybridized carbons (Fsp3) is 0.176. The first kappa shape index (κ1) is 16.1. The van der Waals surface area contributed by atoms with Crippen LogP contribution in [0.15, 0.2) is 46.9 Å². The number of nitrogens with one attached hydrogen (secondary N) is 2. The minimum atomic E-state index is -0.397. The Kier molecular flexibility index (Phi) is 5.18. The van der Waals surface area contributed by atoms with Crippen molar-refractivity contribution in [3.63, 3.8) is 0 Å². The number of hydrogen-bond acceptors (Lipinski definition) is 3. The van der Waals surface area contributed by atoms with Crippen LogP contribution in [-0.4, -0.2) is 11.9 Å². The molecule has 4 nitrogen and oxygen atoms in total. The highest BCUT2D eigenvalue weighted by molar-refractivity contribution is 9.10. The Morgan fingerprint density at radius 3 is 2.68 bits per heavy atom. The highest BCUT2D eigenvalue weighted by Crippen LogP contribution is 2.20. The number of carbonyl (C=O) groups excluding carboxylic acids is 1. The van der Waals surface area contributed by atoms with Crippen molar-refractivity contribution in [1.82, 2.24) is 0 Å². The standard InChI is InChI=1S/C17H16BrN3O/c1-11-8-15(6-7-16(11)18)20-12(2)17(22)21-14-5-3-4-13(9-14)10-19/h3-9,12,20H,1-2H3,(H,21,22)/t12-/m0/s1. The third-order valence-corrected chi connectivity index (χ3v) is 4.08. The largest absolute Gasteiger partial charge is 0.374 e. The first-order chi connectivity index (χ1) is 10.5. The number of nitrogens with zero attached hydrogens (tertiary/aromatic N) is 1. The maximum atomic E-state index is 12.2. The summed E-state index contributed by atoms with van der Waals surface area (Å²) in [7, 11) is 0. The molecular weight excluding hydrogens is 342 g/mol. The molecule has 0 radical (unpaired) electrons. The average Bonchev–Trinajstić information content (AvgIpc) is 2.51. The number of halogens is 1. The average molecular weight is 358 g/mol. The zero-order valence-electron chi connectivity index (χ0n) is 12.4. The number of benzene rings is 2. The van der Waals surface area contributed by atoms with Gasteiger partial charge in [0.1, 0.15) is 6.04 Å². The van der Waals surface area contributed by atoms with E-state index < -0.39 is 6.04 Å². The molecule has 0 aromatic heterocycles. The second-order valence-corrected chi connectivity index (χ2v) is 5.87. The van der Waals surface area contributed by atoms with Crippen LogP contribution in [0.25, 0.3) is 0 Å². The molecule has 0 heterocycles. The maximum absolute atomic E-state index is 12.2. The van der Waals surface area contributed by atoms with Gasteiger partial charge in [0.2, 0.25) is 5.91 Å². The molecule has 0 aliphatic carbocycles. The third kappa shape index (κ3) is 4.09. The van der Waals surface area contributed by atoms with E-state index in [4.69, 9.17) is 5.26 Å². The highest BCUT2D eigenvalue weighted by Gasteiger charge is 2.13. The molecule has 0 fully saturated rings. The molecule has 0 saturated heterocycles. The summed E-state index contributed by atoms with van der Waals surface area (Å²) in [6.45, 7) is 3.79. The van der Waals surface area contributed by atoms with Crippen LogP contribution in [0.3, 0.4) is 0 Å². The van der Waals surface area contributed by atoms with E-state index in [-0.39, 0.29) is 5.91 Å². The normalized spacial score (nSPS) is 11.4. The number of rotatable bonds is 4. The second-order valence-electron chi connectivity index (χ2n) is 5.01. The number of hydrogen-bond donors (Lipinski definition) is 2. The minimum absolute atomic E-state index is 0.157. The first-order valence-electron chi connectivity index (χ1n) is 6.83. The smallest absolute Gasteiger partial charge is 0.246 e. The van der Waals surface area contributed by atoms with E-state index in [9.17, 15) is 4.79 Å². The minimum Gasteiger partial charge on any atom is -0.374 e. The monoisotopic (exact) mass is 357 g/mol. The van der Waals surface area contributed by atoms with Crippen LogP contribution >= 0.6 is 15.9 Å². The molecule has 2 rings (SSSR count). The topological polar surface area (TPSA) is 64.9 Å². The van der Waals surface area contributed by atoms with Crippen molar-refractivity contribution in [2.24, 2.45) is 0 Å². The molecule has 0 aliphatic rings. The molecule has 22 heavy (non-hydrogen) atoms. The van der Waals surface area contributed by atoms with Gasteiger partial charge >= 0.3 is 0 Å². The number of aryl methyl sites for hydroxylation is 1. The van der Waals surface area contributed by atoms with Gasteiger partial charge in [-0.1, -0.05) is 22.0 Å². The van der Waals surface area contributed by atoms with Gasteiger partial charge in [-0.3, -0.25) is 4.79 Å². The predicted octanol–water partition coefficient (Wildman–Crippen LogP) is 4.07. The lowest BCUT2D eigenvalue weighted by Crippen LogP contribution is -2.31. The Bertz CT molecular complexity index is 737. The Morgan fingerprint density at radius 1 is 1.23 bits per heavy atom. The van der Waals surface area contributed by atoms with E-state index in [1.54, 1.807) is 31.2 Å². The summed E-state index contributed by atoms with van der Waals surface area (Å²) >= 11 is 3.45. The summed E-state index contributed by atoms with van der Waals surface area (Å²) in [4.78, 5) is 12.2. The van der Waals surface area contributed by atoms with Crippen LogP contribution in [0.2, 0.25) is 0 Å². The van der Waals surface area contributed by atoms with E-state index in [2.05, 4.69) is 26.6 Å². The Balaban J connectivity index is 2.02. The Hall–Kier alpha value is -2.32. The lowest BCUT2D eigenvalue weighted by Gasteiger charge is -2.16. The molecule has 0 saturated carbocycles. The molecule has 2 aromatic carbocycles. The van der Waals surface area contributed by atoms with E-state index in [1.165, 1.54) is 0 Å². The predicted molar refractivity (Wildman–Crippen MR) is 91.8 cm³/mol. The van der Waals surface area contributed by atoms with Gasteiger partial charge < -0.3 is 10.6 Å². The van der Waals surface area contributed by atoms with Gasteiger partial charge in [0.15, 0.2) is 0 Å². The van der Waals surface area contributed by atoms with Crippen LogP contribution in [-0.2, 0) is 4.79 Å². The fourth-order valence-electron chi connectivity index (χ4n) is 1.97. The van der Waals surface area contributed by atoms with Crippen molar-refractivity contribution < 1.29 is 4.79 Å². The van der Waals surface area contributed by atoms with Gasteiger partial charge in [-0.25, -0.2) is 0 Å². The lowest BCUT2D eigenvalue weighted by molar-refractivity contribution is -0.116. The van der Waals surface area contributed by atoms with E-state index in [1.807, 2.05) is 31.2 Å². The van der Waals surface area contributed by atoms with Crippen LogP contribution < -0.4 is 10.6 Å². The molecule has 112 valence electrons.